The molecule has 0 amide bonds. The maximum atomic E-state index is 11.3. The summed E-state index contributed by atoms with van der Waals surface area (Å²) in [5, 5.41) is 0. The van der Waals surface area contributed by atoms with Crippen LogP contribution >= 0.6 is 0 Å². The number of nitrogen functional groups attached to an aromatic ring is 1. The summed E-state index contributed by atoms with van der Waals surface area (Å²) in [7, 11) is 1.34. The van der Waals surface area contributed by atoms with Crippen molar-refractivity contribution >= 4 is 11.7 Å². The molecule has 0 saturated heterocycles. The topological polar surface area (TPSA) is 61.5 Å². The third-order valence-electron chi connectivity index (χ3n) is 2.64. The zero-order valence-corrected chi connectivity index (χ0v) is 10.5. The van der Waals surface area contributed by atoms with Gasteiger partial charge in [0.25, 0.3) is 0 Å². The summed E-state index contributed by atoms with van der Waals surface area (Å²) in [6.45, 7) is 4.13. The van der Waals surface area contributed by atoms with Crippen LogP contribution in [0.15, 0.2) is 18.2 Å². The van der Waals surface area contributed by atoms with Crippen LogP contribution in [0.5, 0.6) is 5.75 Å². The number of hydrogen-bond acceptors (Lipinski definition) is 4. The van der Waals surface area contributed by atoms with Gasteiger partial charge >= 0.3 is 5.97 Å². The summed E-state index contributed by atoms with van der Waals surface area (Å²) in [5.41, 5.74) is 6.73. The fraction of sp³-hybridized carbons (Fsp3) is 0.462. The van der Waals surface area contributed by atoms with Gasteiger partial charge in [-0.1, -0.05) is 13.8 Å². The van der Waals surface area contributed by atoms with Gasteiger partial charge in [0.15, 0.2) is 0 Å². The Balaban J connectivity index is 2.86. The van der Waals surface area contributed by atoms with E-state index in [1.54, 1.807) is 18.2 Å². The number of carbonyl (C=O) groups is 1. The first kappa shape index (κ1) is 13.4. The molecule has 0 unspecified atom stereocenters. The Bertz CT molecular complexity index is 386. The van der Waals surface area contributed by atoms with Gasteiger partial charge < -0.3 is 15.2 Å². The van der Waals surface area contributed by atoms with Crippen molar-refractivity contribution in [2.24, 2.45) is 0 Å². The van der Waals surface area contributed by atoms with E-state index in [0.717, 1.165) is 12.8 Å². The van der Waals surface area contributed by atoms with Gasteiger partial charge in [-0.2, -0.15) is 0 Å². The summed E-state index contributed by atoms with van der Waals surface area (Å²) < 4.78 is 10.4. The fourth-order valence-electron chi connectivity index (χ4n) is 1.54. The lowest BCUT2D eigenvalue weighted by atomic mass is 10.1. The molecule has 0 fully saturated rings. The standard InChI is InChI=1S/C13H19NO3/c1-4-10(5-2)17-12-7-6-9(8-11(12)14)13(15)16-3/h6-8,10H,4-5,14H2,1-3H3. The van der Waals surface area contributed by atoms with Crippen LogP contribution < -0.4 is 10.5 Å². The molecule has 1 aromatic carbocycles. The molecule has 0 aliphatic heterocycles. The molecule has 17 heavy (non-hydrogen) atoms. The van der Waals surface area contributed by atoms with Crippen molar-refractivity contribution in [2.75, 3.05) is 12.8 Å². The Morgan fingerprint density at radius 1 is 1.35 bits per heavy atom. The number of methoxy groups -OCH3 is 1. The molecule has 0 aliphatic carbocycles. The molecule has 4 nitrogen and oxygen atoms in total. The van der Waals surface area contributed by atoms with E-state index in [1.165, 1.54) is 7.11 Å². The fourth-order valence-corrected chi connectivity index (χ4v) is 1.54. The van der Waals surface area contributed by atoms with E-state index in [2.05, 4.69) is 18.6 Å². The number of anilines is 1. The monoisotopic (exact) mass is 237 g/mol. The van der Waals surface area contributed by atoms with Crippen LogP contribution in [0.3, 0.4) is 0 Å². The predicted molar refractivity (Wildman–Crippen MR) is 67.2 cm³/mol. The van der Waals surface area contributed by atoms with Crippen LogP contribution in [-0.4, -0.2) is 19.2 Å². The van der Waals surface area contributed by atoms with Crippen LogP contribution in [-0.2, 0) is 4.74 Å². The highest BCUT2D eigenvalue weighted by molar-refractivity contribution is 5.90. The lowest BCUT2D eigenvalue weighted by Gasteiger charge is -2.17. The van der Waals surface area contributed by atoms with Crippen molar-refractivity contribution in [1.82, 2.24) is 0 Å². The first-order valence-corrected chi connectivity index (χ1v) is 5.76. The Labute approximate surface area is 102 Å². The Kier molecular flexibility index (Phi) is 4.82. The van der Waals surface area contributed by atoms with E-state index in [1.807, 2.05) is 0 Å². The number of nitrogens with two attached hydrogens (primary N) is 1. The summed E-state index contributed by atoms with van der Waals surface area (Å²) in [5.74, 6) is 0.220. The van der Waals surface area contributed by atoms with Crippen molar-refractivity contribution in [2.45, 2.75) is 32.8 Å². The third-order valence-corrected chi connectivity index (χ3v) is 2.64. The first-order valence-electron chi connectivity index (χ1n) is 5.76. The number of benzene rings is 1. The Hall–Kier alpha value is -1.71. The minimum Gasteiger partial charge on any atom is -0.488 e. The van der Waals surface area contributed by atoms with E-state index in [4.69, 9.17) is 10.5 Å². The van der Waals surface area contributed by atoms with Crippen LogP contribution in [0.25, 0.3) is 0 Å². The van der Waals surface area contributed by atoms with Gasteiger partial charge in [-0.15, -0.1) is 0 Å². The molecular weight excluding hydrogens is 218 g/mol. The second kappa shape index (κ2) is 6.13. The molecule has 0 saturated carbocycles. The number of esters is 1. The van der Waals surface area contributed by atoms with Crippen molar-refractivity contribution in [1.29, 1.82) is 0 Å². The highest BCUT2D eigenvalue weighted by atomic mass is 16.5. The van der Waals surface area contributed by atoms with Crippen LogP contribution in [0.2, 0.25) is 0 Å². The van der Waals surface area contributed by atoms with Gasteiger partial charge in [0.05, 0.1) is 24.5 Å². The van der Waals surface area contributed by atoms with Crippen LogP contribution in [0.4, 0.5) is 5.69 Å². The molecule has 2 N–H and O–H groups in total. The maximum absolute atomic E-state index is 11.3. The van der Waals surface area contributed by atoms with E-state index >= 15 is 0 Å². The minimum atomic E-state index is -0.397. The molecule has 0 bridgehead atoms. The molecule has 0 radical (unpaired) electrons. The molecule has 1 aromatic rings. The molecule has 94 valence electrons. The normalized spacial score (nSPS) is 10.4. The van der Waals surface area contributed by atoms with E-state index in [9.17, 15) is 4.79 Å². The van der Waals surface area contributed by atoms with E-state index in [0.29, 0.717) is 17.0 Å². The predicted octanol–water partition coefficient (Wildman–Crippen LogP) is 2.62. The zero-order chi connectivity index (χ0) is 12.8. The van der Waals surface area contributed by atoms with E-state index < -0.39 is 5.97 Å². The van der Waals surface area contributed by atoms with Gasteiger partial charge in [-0.05, 0) is 31.0 Å². The summed E-state index contributed by atoms with van der Waals surface area (Å²) in [6, 6.07) is 4.93. The zero-order valence-electron chi connectivity index (χ0n) is 10.5. The second-order valence-corrected chi connectivity index (χ2v) is 3.80. The smallest absolute Gasteiger partial charge is 0.337 e. The highest BCUT2D eigenvalue weighted by Gasteiger charge is 2.11. The molecule has 4 heteroatoms. The summed E-state index contributed by atoms with van der Waals surface area (Å²) in [6.07, 6.45) is 2.00. The molecule has 0 heterocycles. The van der Waals surface area contributed by atoms with Crippen LogP contribution in [0.1, 0.15) is 37.0 Å². The number of rotatable bonds is 5. The second-order valence-electron chi connectivity index (χ2n) is 3.80. The molecular formula is C13H19NO3. The lowest BCUT2D eigenvalue weighted by Crippen LogP contribution is -2.15. The minimum absolute atomic E-state index is 0.154. The summed E-state index contributed by atoms with van der Waals surface area (Å²) in [4.78, 5) is 11.3. The third kappa shape index (κ3) is 3.37. The van der Waals surface area contributed by atoms with Crippen molar-refractivity contribution in [3.05, 3.63) is 23.8 Å². The van der Waals surface area contributed by atoms with Gasteiger partial charge in [0.2, 0.25) is 0 Å². The quantitative estimate of drug-likeness (QED) is 0.631. The number of carbonyl (C=O) groups excluding carboxylic acids is 1. The van der Waals surface area contributed by atoms with Gasteiger partial charge in [0.1, 0.15) is 5.75 Å². The Morgan fingerprint density at radius 2 is 2.00 bits per heavy atom. The number of ether oxygens (including phenoxy) is 2. The lowest BCUT2D eigenvalue weighted by molar-refractivity contribution is 0.0600. The van der Waals surface area contributed by atoms with E-state index in [-0.39, 0.29) is 6.10 Å². The van der Waals surface area contributed by atoms with Gasteiger partial charge in [-0.3, -0.25) is 0 Å². The Morgan fingerprint density at radius 3 is 2.47 bits per heavy atom. The molecule has 0 aliphatic rings. The molecule has 0 spiro atoms. The molecule has 1 rings (SSSR count). The number of hydrogen-bond donors (Lipinski definition) is 1. The van der Waals surface area contributed by atoms with Crippen molar-refractivity contribution in [3.8, 4) is 5.75 Å². The maximum Gasteiger partial charge on any atom is 0.337 e. The summed E-state index contributed by atoms with van der Waals surface area (Å²) >= 11 is 0. The molecule has 0 aromatic heterocycles. The first-order chi connectivity index (χ1) is 8.12. The molecule has 0 atom stereocenters. The average Bonchev–Trinajstić information content (AvgIpc) is 2.36. The van der Waals surface area contributed by atoms with Gasteiger partial charge in [0, 0.05) is 0 Å². The SMILES string of the molecule is CCC(CC)Oc1ccc(C(=O)OC)cc1N. The highest BCUT2D eigenvalue weighted by Crippen LogP contribution is 2.25. The largest absolute Gasteiger partial charge is 0.488 e. The van der Waals surface area contributed by atoms with Crippen molar-refractivity contribution < 1.29 is 14.3 Å². The van der Waals surface area contributed by atoms with Crippen LogP contribution in [0, 0.1) is 0 Å². The van der Waals surface area contributed by atoms with Gasteiger partial charge in [-0.25, -0.2) is 4.79 Å². The average molecular weight is 237 g/mol. The van der Waals surface area contributed by atoms with Crippen molar-refractivity contribution in [3.63, 3.8) is 0 Å².